The SMILES string of the molecule is O=C1C(CCC(O)c2ccccc2)C(c2ccc(-c3cccc(P(=O)(O)O)c3)cc2O)N1c1ccc(F)cc1. The van der Waals surface area contributed by atoms with Gasteiger partial charge >= 0.3 is 7.60 Å². The molecule has 200 valence electrons. The number of carbonyl (C=O) groups is 1. The highest BCUT2D eigenvalue weighted by Gasteiger charge is 2.49. The second-order valence-electron chi connectivity index (χ2n) is 9.61. The van der Waals surface area contributed by atoms with Crippen molar-refractivity contribution in [3.8, 4) is 16.9 Å². The number of aromatic hydroxyl groups is 1. The van der Waals surface area contributed by atoms with E-state index in [4.69, 9.17) is 0 Å². The fourth-order valence-corrected chi connectivity index (χ4v) is 5.68. The number of phenolic OH excluding ortho intramolecular Hbond substituents is 1. The van der Waals surface area contributed by atoms with E-state index in [-0.39, 0.29) is 17.0 Å². The van der Waals surface area contributed by atoms with Gasteiger partial charge in [0.2, 0.25) is 5.91 Å². The maximum Gasteiger partial charge on any atom is 0.356 e. The summed E-state index contributed by atoms with van der Waals surface area (Å²) in [5, 5.41) is 21.6. The maximum atomic E-state index is 13.6. The fourth-order valence-electron chi connectivity index (χ4n) is 5.09. The molecule has 9 heteroatoms. The molecule has 0 bridgehead atoms. The summed E-state index contributed by atoms with van der Waals surface area (Å²) in [6.07, 6.45) is -0.0536. The normalized spacial score (nSPS) is 18.1. The lowest BCUT2D eigenvalue weighted by Gasteiger charge is -2.48. The molecule has 1 fully saturated rings. The predicted molar refractivity (Wildman–Crippen MR) is 146 cm³/mol. The number of carbonyl (C=O) groups excluding carboxylic acids is 1. The third kappa shape index (κ3) is 5.51. The second-order valence-corrected chi connectivity index (χ2v) is 11.2. The van der Waals surface area contributed by atoms with E-state index in [9.17, 15) is 33.7 Å². The number of hydrogen-bond donors (Lipinski definition) is 4. The molecule has 1 amide bonds. The van der Waals surface area contributed by atoms with Crippen LogP contribution in [0.2, 0.25) is 0 Å². The van der Waals surface area contributed by atoms with Crippen LogP contribution in [-0.4, -0.2) is 25.9 Å². The van der Waals surface area contributed by atoms with Crippen LogP contribution in [-0.2, 0) is 9.36 Å². The minimum Gasteiger partial charge on any atom is -0.508 e. The van der Waals surface area contributed by atoms with Crippen molar-refractivity contribution in [2.45, 2.75) is 25.0 Å². The Kier molecular flexibility index (Phi) is 7.38. The summed E-state index contributed by atoms with van der Waals surface area (Å²) in [6, 6.07) is 25.0. The van der Waals surface area contributed by atoms with Gasteiger partial charge in [-0.1, -0.05) is 54.6 Å². The number of aliphatic hydroxyl groups is 1. The lowest BCUT2D eigenvalue weighted by molar-refractivity contribution is -0.131. The van der Waals surface area contributed by atoms with Crippen molar-refractivity contribution >= 4 is 24.5 Å². The molecule has 0 aliphatic carbocycles. The van der Waals surface area contributed by atoms with Crippen LogP contribution in [0.25, 0.3) is 11.1 Å². The number of β-lactam (4-membered cyclic amide) rings is 1. The molecular weight excluding hydrogens is 520 g/mol. The third-order valence-electron chi connectivity index (χ3n) is 7.12. The highest BCUT2D eigenvalue weighted by molar-refractivity contribution is 7.60. The number of halogens is 1. The Morgan fingerprint density at radius 1 is 0.872 bits per heavy atom. The fraction of sp³-hybridized carbons (Fsp3) is 0.167. The highest BCUT2D eigenvalue weighted by Crippen LogP contribution is 2.49. The molecule has 0 aromatic heterocycles. The van der Waals surface area contributed by atoms with E-state index in [2.05, 4.69) is 0 Å². The van der Waals surface area contributed by atoms with Crippen LogP contribution < -0.4 is 10.2 Å². The van der Waals surface area contributed by atoms with Crippen LogP contribution >= 0.6 is 7.60 Å². The summed E-state index contributed by atoms with van der Waals surface area (Å²) in [5.74, 6) is -1.24. The average Bonchev–Trinajstić information content (AvgIpc) is 2.93. The van der Waals surface area contributed by atoms with Crippen molar-refractivity contribution in [1.29, 1.82) is 0 Å². The van der Waals surface area contributed by atoms with Crippen molar-refractivity contribution in [2.75, 3.05) is 4.90 Å². The molecular formula is C30H27FNO6P. The van der Waals surface area contributed by atoms with Crippen LogP contribution in [0.3, 0.4) is 0 Å². The number of nitrogens with zero attached hydrogens (tertiary/aromatic N) is 1. The van der Waals surface area contributed by atoms with E-state index < -0.39 is 31.5 Å². The van der Waals surface area contributed by atoms with E-state index in [1.54, 1.807) is 18.2 Å². The van der Waals surface area contributed by atoms with Gasteiger partial charge in [0.1, 0.15) is 11.6 Å². The zero-order valence-corrected chi connectivity index (χ0v) is 21.7. The van der Waals surface area contributed by atoms with Crippen molar-refractivity contribution in [3.05, 3.63) is 114 Å². The van der Waals surface area contributed by atoms with Crippen LogP contribution in [0.5, 0.6) is 5.75 Å². The number of aliphatic hydroxyl groups excluding tert-OH is 1. The molecule has 7 nitrogen and oxygen atoms in total. The first-order valence-corrected chi connectivity index (χ1v) is 14.1. The topological polar surface area (TPSA) is 118 Å². The quantitative estimate of drug-likeness (QED) is 0.178. The second kappa shape index (κ2) is 10.8. The molecule has 4 aromatic carbocycles. The predicted octanol–water partition coefficient (Wildman–Crippen LogP) is 5.22. The molecule has 1 aliphatic rings. The van der Waals surface area contributed by atoms with Gasteiger partial charge in [0.05, 0.1) is 23.4 Å². The molecule has 3 unspecified atom stereocenters. The van der Waals surface area contributed by atoms with Gasteiger partial charge in [-0.15, -0.1) is 0 Å². The summed E-state index contributed by atoms with van der Waals surface area (Å²) in [7, 11) is -4.45. The Bertz CT molecular complexity index is 1540. The summed E-state index contributed by atoms with van der Waals surface area (Å²) in [4.78, 5) is 33.9. The van der Waals surface area contributed by atoms with Crippen LogP contribution in [0, 0.1) is 11.7 Å². The zero-order valence-electron chi connectivity index (χ0n) is 20.8. The number of benzene rings is 4. The van der Waals surface area contributed by atoms with Crippen LogP contribution in [0.15, 0.2) is 97.1 Å². The average molecular weight is 548 g/mol. The molecule has 4 aromatic rings. The first kappa shape index (κ1) is 26.8. The van der Waals surface area contributed by atoms with E-state index in [0.717, 1.165) is 5.56 Å². The maximum absolute atomic E-state index is 13.6. The summed E-state index contributed by atoms with van der Waals surface area (Å²) < 4.78 is 25.3. The highest BCUT2D eigenvalue weighted by atomic mass is 31.2. The molecule has 4 N–H and O–H groups in total. The number of phenols is 1. The molecule has 5 rings (SSSR count). The summed E-state index contributed by atoms with van der Waals surface area (Å²) >= 11 is 0. The molecule has 1 aliphatic heterocycles. The number of rotatable bonds is 8. The summed E-state index contributed by atoms with van der Waals surface area (Å²) in [5.41, 5.74) is 2.78. The van der Waals surface area contributed by atoms with Gasteiger partial charge in [0.15, 0.2) is 0 Å². The lowest BCUT2D eigenvalue weighted by Crippen LogP contribution is -2.55. The van der Waals surface area contributed by atoms with E-state index in [0.29, 0.717) is 35.2 Å². The van der Waals surface area contributed by atoms with Gasteiger partial charge in [-0.05, 0) is 72.0 Å². The van der Waals surface area contributed by atoms with Gasteiger partial charge in [0, 0.05) is 11.3 Å². The molecule has 0 radical (unpaired) electrons. The molecule has 39 heavy (non-hydrogen) atoms. The Hall–Kier alpha value is -3.81. The van der Waals surface area contributed by atoms with E-state index >= 15 is 0 Å². The minimum atomic E-state index is -4.45. The van der Waals surface area contributed by atoms with Crippen LogP contribution in [0.1, 0.15) is 36.1 Å². The third-order valence-corrected chi connectivity index (χ3v) is 8.07. The van der Waals surface area contributed by atoms with Gasteiger partial charge in [-0.2, -0.15) is 0 Å². The minimum absolute atomic E-state index is 0.0905. The van der Waals surface area contributed by atoms with Crippen molar-refractivity contribution in [2.24, 2.45) is 5.92 Å². The van der Waals surface area contributed by atoms with Crippen molar-refractivity contribution in [1.82, 2.24) is 0 Å². The number of amides is 1. The smallest absolute Gasteiger partial charge is 0.356 e. The Balaban J connectivity index is 1.46. The number of anilines is 1. The first-order chi connectivity index (χ1) is 18.6. The standard InChI is InChI=1S/C30H27FNO6P/c31-22-10-12-23(13-11-22)32-29(26(30(32)35)15-16-27(33)19-5-2-1-3-6-19)25-14-9-21(18-28(25)34)20-7-4-8-24(17-20)39(36,37)38/h1-14,17-18,26-27,29,33-34H,15-16H2,(H2,36,37,38). The van der Waals surface area contributed by atoms with Gasteiger partial charge < -0.3 is 24.9 Å². The van der Waals surface area contributed by atoms with Gasteiger partial charge in [-0.25, -0.2) is 4.39 Å². The molecule has 3 atom stereocenters. The Labute approximate surface area is 225 Å². The molecule has 1 saturated heterocycles. The largest absolute Gasteiger partial charge is 0.508 e. The molecule has 0 saturated carbocycles. The first-order valence-electron chi connectivity index (χ1n) is 12.4. The van der Waals surface area contributed by atoms with Gasteiger partial charge in [0.25, 0.3) is 0 Å². The Morgan fingerprint density at radius 2 is 1.56 bits per heavy atom. The monoisotopic (exact) mass is 547 g/mol. The van der Waals surface area contributed by atoms with E-state index in [1.165, 1.54) is 53.4 Å². The molecule has 0 spiro atoms. The van der Waals surface area contributed by atoms with Crippen molar-refractivity contribution < 1.29 is 33.7 Å². The van der Waals surface area contributed by atoms with E-state index in [1.807, 2.05) is 30.3 Å². The lowest BCUT2D eigenvalue weighted by atomic mass is 9.77. The number of hydrogen-bond acceptors (Lipinski definition) is 4. The van der Waals surface area contributed by atoms with Crippen LogP contribution in [0.4, 0.5) is 10.1 Å². The molecule has 1 heterocycles. The summed E-state index contributed by atoms with van der Waals surface area (Å²) in [6.45, 7) is 0. The Morgan fingerprint density at radius 3 is 2.23 bits per heavy atom. The van der Waals surface area contributed by atoms with Gasteiger partial charge in [-0.3, -0.25) is 9.36 Å². The zero-order chi connectivity index (χ0) is 27.7. The van der Waals surface area contributed by atoms with Crippen molar-refractivity contribution in [3.63, 3.8) is 0 Å².